The normalized spacial score (nSPS) is 17.8. The highest BCUT2D eigenvalue weighted by Crippen LogP contribution is 2.33. The molecule has 1 saturated heterocycles. The molecule has 1 fully saturated rings. The molecule has 1 aliphatic heterocycles. The first kappa shape index (κ1) is 15.0. The third kappa shape index (κ3) is 2.70. The molecule has 0 saturated carbocycles. The lowest BCUT2D eigenvalue weighted by molar-refractivity contribution is 0.223. The molecule has 0 radical (unpaired) electrons. The average molecular weight is 462 g/mol. The van der Waals surface area contributed by atoms with E-state index < -0.39 is 10.0 Å². The third-order valence-corrected chi connectivity index (χ3v) is 7.53. The van der Waals surface area contributed by atoms with Crippen molar-refractivity contribution in [1.82, 2.24) is 4.31 Å². The number of hydrogen-bond donors (Lipinski definition) is 0. The van der Waals surface area contributed by atoms with Crippen LogP contribution in [0.25, 0.3) is 0 Å². The Morgan fingerprint density at radius 3 is 2.44 bits per heavy atom. The molecular weight excluding hydrogens is 450 g/mol. The maximum absolute atomic E-state index is 12.4. The summed E-state index contributed by atoms with van der Waals surface area (Å²) in [5, 5.41) is 0.845. The number of alkyl halides is 1. The summed E-state index contributed by atoms with van der Waals surface area (Å²) in [5.41, 5.74) is 1.00. The largest absolute Gasteiger partial charge is 0.244 e. The number of halogens is 3. The standard InChI is InChI=1S/C11H12Br3NO2S/c1-7-2-10(14)11(3-9(7)13)18(16,17)15-5-8(4-12)6-15/h2-3,8H,4-6H2,1H3. The molecule has 0 atom stereocenters. The maximum Gasteiger partial charge on any atom is 0.244 e. The average Bonchev–Trinajstić information content (AvgIpc) is 2.21. The Morgan fingerprint density at radius 1 is 1.28 bits per heavy atom. The van der Waals surface area contributed by atoms with Crippen molar-refractivity contribution in [3.05, 3.63) is 26.6 Å². The lowest BCUT2D eigenvalue weighted by atomic mass is 10.1. The van der Waals surface area contributed by atoms with Crippen molar-refractivity contribution in [2.45, 2.75) is 11.8 Å². The van der Waals surface area contributed by atoms with Gasteiger partial charge in [0.2, 0.25) is 10.0 Å². The van der Waals surface area contributed by atoms with Gasteiger partial charge in [-0.25, -0.2) is 8.42 Å². The molecule has 0 aromatic heterocycles. The zero-order valence-corrected chi connectivity index (χ0v) is 15.2. The summed E-state index contributed by atoms with van der Waals surface area (Å²) in [6, 6.07) is 3.48. The van der Waals surface area contributed by atoms with E-state index in [9.17, 15) is 8.42 Å². The first-order valence-corrected chi connectivity index (χ1v) is 9.52. The fourth-order valence-corrected chi connectivity index (χ4v) is 5.42. The molecule has 0 unspecified atom stereocenters. The van der Waals surface area contributed by atoms with Gasteiger partial charge in [-0.2, -0.15) is 4.31 Å². The van der Waals surface area contributed by atoms with Crippen LogP contribution in [0.3, 0.4) is 0 Å². The van der Waals surface area contributed by atoms with Gasteiger partial charge >= 0.3 is 0 Å². The fraction of sp³-hybridized carbons (Fsp3) is 0.455. The van der Waals surface area contributed by atoms with Gasteiger partial charge in [0.1, 0.15) is 0 Å². The molecule has 0 aliphatic carbocycles. The van der Waals surface area contributed by atoms with Crippen molar-refractivity contribution < 1.29 is 8.42 Å². The van der Waals surface area contributed by atoms with E-state index in [1.54, 1.807) is 6.07 Å². The molecule has 1 aliphatic rings. The summed E-state index contributed by atoms with van der Waals surface area (Å²) in [7, 11) is -3.38. The molecule has 18 heavy (non-hydrogen) atoms. The highest BCUT2D eigenvalue weighted by Gasteiger charge is 2.37. The minimum atomic E-state index is -3.38. The first-order chi connectivity index (χ1) is 8.36. The van der Waals surface area contributed by atoms with Gasteiger partial charge in [0.05, 0.1) is 4.90 Å². The molecule has 0 amide bonds. The third-order valence-electron chi connectivity index (χ3n) is 2.97. The van der Waals surface area contributed by atoms with Gasteiger partial charge in [0.25, 0.3) is 0 Å². The number of nitrogens with zero attached hydrogens (tertiary/aromatic N) is 1. The van der Waals surface area contributed by atoms with Gasteiger partial charge in [0.15, 0.2) is 0 Å². The van der Waals surface area contributed by atoms with Crippen molar-refractivity contribution in [1.29, 1.82) is 0 Å². The van der Waals surface area contributed by atoms with Crippen LogP contribution in [0.15, 0.2) is 26.0 Å². The number of benzene rings is 1. The van der Waals surface area contributed by atoms with Crippen LogP contribution < -0.4 is 0 Å². The van der Waals surface area contributed by atoms with Crippen molar-refractivity contribution in [2.24, 2.45) is 5.92 Å². The second kappa shape index (κ2) is 5.52. The van der Waals surface area contributed by atoms with Gasteiger partial charge in [-0.3, -0.25) is 0 Å². The van der Waals surface area contributed by atoms with E-state index in [2.05, 4.69) is 47.8 Å². The summed E-state index contributed by atoms with van der Waals surface area (Å²) in [5.74, 6) is 0.424. The van der Waals surface area contributed by atoms with Crippen LogP contribution >= 0.6 is 47.8 Å². The van der Waals surface area contributed by atoms with Crippen molar-refractivity contribution in [3.8, 4) is 0 Å². The summed E-state index contributed by atoms with van der Waals surface area (Å²) in [6.07, 6.45) is 0. The Kier molecular flexibility index (Phi) is 4.59. The number of hydrogen-bond acceptors (Lipinski definition) is 2. The maximum atomic E-state index is 12.4. The summed E-state index contributed by atoms with van der Waals surface area (Å²) in [4.78, 5) is 0.327. The van der Waals surface area contributed by atoms with Crippen LogP contribution in [0, 0.1) is 12.8 Å². The van der Waals surface area contributed by atoms with Crippen molar-refractivity contribution in [3.63, 3.8) is 0 Å². The monoisotopic (exact) mass is 459 g/mol. The Bertz CT molecular complexity index is 568. The molecule has 1 aromatic carbocycles. The molecule has 3 nitrogen and oxygen atoms in total. The van der Waals surface area contributed by atoms with Crippen molar-refractivity contribution in [2.75, 3.05) is 18.4 Å². The van der Waals surface area contributed by atoms with E-state index in [0.29, 0.717) is 28.4 Å². The van der Waals surface area contributed by atoms with E-state index in [1.165, 1.54) is 4.31 Å². The lowest BCUT2D eigenvalue weighted by Gasteiger charge is -2.37. The highest BCUT2D eigenvalue weighted by molar-refractivity contribution is 9.11. The quantitative estimate of drug-likeness (QED) is 0.646. The molecule has 0 N–H and O–H groups in total. The van der Waals surface area contributed by atoms with Crippen LogP contribution in [-0.4, -0.2) is 31.1 Å². The Labute approximate surface area is 132 Å². The molecule has 1 heterocycles. The summed E-state index contributed by atoms with van der Waals surface area (Å²) in [6.45, 7) is 3.10. The minimum Gasteiger partial charge on any atom is -0.207 e. The van der Waals surface area contributed by atoms with Gasteiger partial charge in [-0.1, -0.05) is 31.9 Å². The van der Waals surface area contributed by atoms with Crippen LogP contribution in [0.5, 0.6) is 0 Å². The van der Waals surface area contributed by atoms with Crippen LogP contribution in [0.2, 0.25) is 0 Å². The van der Waals surface area contributed by atoms with Gasteiger partial charge < -0.3 is 0 Å². The number of rotatable bonds is 3. The van der Waals surface area contributed by atoms with E-state index in [0.717, 1.165) is 15.4 Å². The van der Waals surface area contributed by atoms with E-state index >= 15 is 0 Å². The summed E-state index contributed by atoms with van der Waals surface area (Å²) < 4.78 is 27.8. The minimum absolute atomic E-state index is 0.327. The number of aryl methyl sites for hydroxylation is 1. The second-order valence-electron chi connectivity index (χ2n) is 4.37. The van der Waals surface area contributed by atoms with Gasteiger partial charge in [0, 0.05) is 27.4 Å². The van der Waals surface area contributed by atoms with Gasteiger partial charge in [-0.05, 0) is 46.5 Å². The molecule has 0 bridgehead atoms. The zero-order valence-electron chi connectivity index (χ0n) is 9.66. The first-order valence-electron chi connectivity index (χ1n) is 5.38. The van der Waals surface area contributed by atoms with Crippen LogP contribution in [0.1, 0.15) is 5.56 Å². The fourth-order valence-electron chi connectivity index (χ4n) is 1.78. The zero-order chi connectivity index (χ0) is 13.5. The molecular formula is C11H12Br3NO2S. The molecule has 2 rings (SSSR count). The Balaban J connectivity index is 2.34. The van der Waals surface area contributed by atoms with Crippen molar-refractivity contribution >= 4 is 57.8 Å². The van der Waals surface area contributed by atoms with E-state index in [-0.39, 0.29) is 0 Å². The molecule has 100 valence electrons. The molecule has 1 aromatic rings. The number of sulfonamides is 1. The topological polar surface area (TPSA) is 37.4 Å². The predicted molar refractivity (Wildman–Crippen MR) is 82.6 cm³/mol. The Morgan fingerprint density at radius 2 is 1.89 bits per heavy atom. The predicted octanol–water partition coefficient (Wildman–Crippen LogP) is 3.54. The SMILES string of the molecule is Cc1cc(Br)c(S(=O)(=O)N2CC(CBr)C2)cc1Br. The van der Waals surface area contributed by atoms with E-state index in [4.69, 9.17) is 0 Å². The lowest BCUT2D eigenvalue weighted by Crippen LogP contribution is -2.50. The van der Waals surface area contributed by atoms with Crippen LogP contribution in [0.4, 0.5) is 0 Å². The highest BCUT2D eigenvalue weighted by atomic mass is 79.9. The van der Waals surface area contributed by atoms with Gasteiger partial charge in [-0.15, -0.1) is 0 Å². The molecule has 7 heteroatoms. The Hall–Kier alpha value is 0.570. The summed E-state index contributed by atoms with van der Waals surface area (Å²) >= 11 is 10.1. The van der Waals surface area contributed by atoms with Crippen LogP contribution in [-0.2, 0) is 10.0 Å². The van der Waals surface area contributed by atoms with E-state index in [1.807, 2.05) is 13.0 Å². The molecule has 0 spiro atoms. The second-order valence-corrected chi connectivity index (χ2v) is 8.64. The smallest absolute Gasteiger partial charge is 0.207 e.